The van der Waals surface area contributed by atoms with Crippen LogP contribution in [-0.2, 0) is 11.3 Å². The molecule has 0 unspecified atom stereocenters. The van der Waals surface area contributed by atoms with Gasteiger partial charge in [-0.2, -0.15) is 0 Å². The fraction of sp³-hybridized carbons (Fsp3) is 0.0909. The van der Waals surface area contributed by atoms with Gasteiger partial charge >= 0.3 is 0 Å². The van der Waals surface area contributed by atoms with E-state index < -0.39 is 0 Å². The monoisotopic (exact) mass is 394 g/mol. The highest BCUT2D eigenvalue weighted by Crippen LogP contribution is 2.20. The van der Waals surface area contributed by atoms with E-state index in [2.05, 4.69) is 10.6 Å². The highest BCUT2D eigenvalue weighted by molar-refractivity contribution is 6.33. The molecule has 5 nitrogen and oxygen atoms in total. The molecule has 3 aromatic carbocycles. The van der Waals surface area contributed by atoms with Gasteiger partial charge in [-0.3, -0.25) is 9.59 Å². The van der Waals surface area contributed by atoms with Crippen LogP contribution in [0.15, 0.2) is 78.9 Å². The SMILES string of the molecule is O=C(COc1cccc(C(=O)NCc2ccccc2)c1)Nc1ccccc1Cl. The van der Waals surface area contributed by atoms with Crippen LogP contribution >= 0.6 is 11.6 Å². The second-order valence-corrected chi connectivity index (χ2v) is 6.42. The molecule has 0 heterocycles. The van der Waals surface area contributed by atoms with E-state index >= 15 is 0 Å². The molecule has 0 saturated heterocycles. The minimum absolute atomic E-state index is 0.194. The predicted octanol–water partition coefficient (Wildman–Crippen LogP) is 4.29. The zero-order valence-electron chi connectivity index (χ0n) is 15.0. The van der Waals surface area contributed by atoms with Crippen LogP contribution in [0.25, 0.3) is 0 Å². The van der Waals surface area contributed by atoms with Gasteiger partial charge in [0.1, 0.15) is 5.75 Å². The van der Waals surface area contributed by atoms with Crippen molar-refractivity contribution < 1.29 is 14.3 Å². The summed E-state index contributed by atoms with van der Waals surface area (Å²) in [5.74, 6) is -0.122. The third-order valence-electron chi connectivity index (χ3n) is 3.91. The number of carbonyl (C=O) groups is 2. The molecule has 28 heavy (non-hydrogen) atoms. The van der Waals surface area contributed by atoms with Crippen LogP contribution in [-0.4, -0.2) is 18.4 Å². The summed E-state index contributed by atoms with van der Waals surface area (Å²) in [6, 6.07) is 23.3. The van der Waals surface area contributed by atoms with Gasteiger partial charge in [-0.1, -0.05) is 60.1 Å². The second kappa shape index (κ2) is 9.58. The topological polar surface area (TPSA) is 67.4 Å². The van der Waals surface area contributed by atoms with Crippen LogP contribution in [0.1, 0.15) is 15.9 Å². The molecule has 0 aliphatic carbocycles. The summed E-state index contributed by atoms with van der Waals surface area (Å²) in [5.41, 5.74) is 1.99. The molecule has 3 rings (SSSR count). The summed E-state index contributed by atoms with van der Waals surface area (Å²) in [7, 11) is 0. The van der Waals surface area contributed by atoms with Gasteiger partial charge in [0.25, 0.3) is 11.8 Å². The van der Waals surface area contributed by atoms with Crippen LogP contribution in [0.2, 0.25) is 5.02 Å². The fourth-order valence-corrected chi connectivity index (χ4v) is 2.69. The number of nitrogens with one attached hydrogen (secondary N) is 2. The van der Waals surface area contributed by atoms with Gasteiger partial charge in [0.2, 0.25) is 0 Å². The van der Waals surface area contributed by atoms with Crippen molar-refractivity contribution in [2.45, 2.75) is 6.54 Å². The quantitative estimate of drug-likeness (QED) is 0.628. The third kappa shape index (κ3) is 5.59. The summed E-state index contributed by atoms with van der Waals surface area (Å²) in [5, 5.41) is 5.99. The molecule has 2 amide bonds. The lowest BCUT2D eigenvalue weighted by Crippen LogP contribution is -2.23. The number of benzene rings is 3. The summed E-state index contributed by atoms with van der Waals surface area (Å²) < 4.78 is 5.50. The second-order valence-electron chi connectivity index (χ2n) is 6.01. The minimum Gasteiger partial charge on any atom is -0.484 e. The van der Waals surface area contributed by atoms with Gasteiger partial charge < -0.3 is 15.4 Å². The van der Waals surface area contributed by atoms with Gasteiger partial charge in [0.05, 0.1) is 10.7 Å². The molecule has 0 radical (unpaired) electrons. The van der Waals surface area contributed by atoms with E-state index in [1.54, 1.807) is 48.5 Å². The average molecular weight is 395 g/mol. The molecule has 0 atom stereocenters. The molecule has 2 N–H and O–H groups in total. The van der Waals surface area contributed by atoms with E-state index in [0.717, 1.165) is 5.56 Å². The van der Waals surface area contributed by atoms with Gasteiger partial charge in [-0.15, -0.1) is 0 Å². The Morgan fingerprint density at radius 3 is 2.43 bits per heavy atom. The van der Waals surface area contributed by atoms with Gasteiger partial charge in [-0.05, 0) is 35.9 Å². The number of carbonyl (C=O) groups excluding carboxylic acids is 2. The van der Waals surface area contributed by atoms with Crippen molar-refractivity contribution in [2.24, 2.45) is 0 Å². The zero-order chi connectivity index (χ0) is 19.8. The maximum Gasteiger partial charge on any atom is 0.262 e. The number of anilines is 1. The Morgan fingerprint density at radius 1 is 0.893 bits per heavy atom. The van der Waals surface area contributed by atoms with E-state index in [0.29, 0.717) is 28.6 Å². The molecule has 3 aromatic rings. The molecular weight excluding hydrogens is 376 g/mol. The molecule has 142 valence electrons. The Kier molecular flexibility index (Phi) is 6.65. The number of hydrogen-bond acceptors (Lipinski definition) is 3. The Morgan fingerprint density at radius 2 is 1.64 bits per heavy atom. The van der Waals surface area contributed by atoms with E-state index in [-0.39, 0.29) is 18.4 Å². The first-order valence-corrected chi connectivity index (χ1v) is 9.09. The molecule has 0 aliphatic heterocycles. The van der Waals surface area contributed by atoms with Crippen molar-refractivity contribution in [1.82, 2.24) is 5.32 Å². The maximum absolute atomic E-state index is 12.3. The Bertz CT molecular complexity index is 961. The van der Waals surface area contributed by atoms with Gasteiger partial charge in [0, 0.05) is 12.1 Å². The molecule has 0 aliphatic rings. The summed E-state index contributed by atoms with van der Waals surface area (Å²) in [6.45, 7) is 0.241. The molecule has 6 heteroatoms. The van der Waals surface area contributed by atoms with Crippen LogP contribution in [0.5, 0.6) is 5.75 Å². The Hall–Kier alpha value is -3.31. The number of halogens is 1. The highest BCUT2D eigenvalue weighted by atomic mass is 35.5. The minimum atomic E-state index is -0.341. The first-order valence-electron chi connectivity index (χ1n) is 8.71. The standard InChI is InChI=1S/C22H19ClN2O3/c23-19-11-4-5-12-20(19)25-21(26)15-28-18-10-6-9-17(13-18)22(27)24-14-16-7-2-1-3-8-16/h1-13H,14-15H2,(H,24,27)(H,25,26). The molecule has 0 saturated carbocycles. The van der Waals surface area contributed by atoms with Crippen molar-refractivity contribution in [2.75, 3.05) is 11.9 Å². The van der Waals surface area contributed by atoms with Crippen molar-refractivity contribution in [3.05, 3.63) is 95.0 Å². The Labute approximate surface area is 168 Å². The van der Waals surface area contributed by atoms with E-state index in [9.17, 15) is 9.59 Å². The largest absolute Gasteiger partial charge is 0.484 e. The molecule has 0 spiro atoms. The molecule has 0 aromatic heterocycles. The summed E-state index contributed by atoms with van der Waals surface area (Å²) in [6.07, 6.45) is 0. The maximum atomic E-state index is 12.3. The molecule has 0 bridgehead atoms. The summed E-state index contributed by atoms with van der Waals surface area (Å²) >= 11 is 6.02. The number of ether oxygens (including phenoxy) is 1. The first-order chi connectivity index (χ1) is 13.6. The highest BCUT2D eigenvalue weighted by Gasteiger charge is 2.09. The van der Waals surface area contributed by atoms with Crippen molar-refractivity contribution in [1.29, 1.82) is 0 Å². The Balaban J connectivity index is 1.53. The predicted molar refractivity (Wildman–Crippen MR) is 110 cm³/mol. The van der Waals surface area contributed by atoms with Crippen molar-refractivity contribution in [3.63, 3.8) is 0 Å². The lowest BCUT2D eigenvalue weighted by Gasteiger charge is -2.10. The smallest absolute Gasteiger partial charge is 0.262 e. The lowest BCUT2D eigenvalue weighted by atomic mass is 10.2. The first kappa shape index (κ1) is 19.5. The third-order valence-corrected chi connectivity index (χ3v) is 4.24. The fourth-order valence-electron chi connectivity index (χ4n) is 2.51. The van der Waals surface area contributed by atoms with Crippen molar-refractivity contribution >= 4 is 29.1 Å². The van der Waals surface area contributed by atoms with Crippen molar-refractivity contribution in [3.8, 4) is 5.75 Å². The van der Waals surface area contributed by atoms with Crippen LogP contribution in [0.4, 0.5) is 5.69 Å². The number of rotatable bonds is 7. The normalized spacial score (nSPS) is 10.2. The van der Waals surface area contributed by atoms with Crippen LogP contribution < -0.4 is 15.4 Å². The lowest BCUT2D eigenvalue weighted by molar-refractivity contribution is -0.118. The zero-order valence-corrected chi connectivity index (χ0v) is 15.8. The van der Waals surface area contributed by atoms with E-state index in [1.165, 1.54) is 0 Å². The van der Waals surface area contributed by atoms with Crippen LogP contribution in [0.3, 0.4) is 0 Å². The van der Waals surface area contributed by atoms with E-state index in [1.807, 2.05) is 30.3 Å². The number of para-hydroxylation sites is 1. The van der Waals surface area contributed by atoms with Gasteiger partial charge in [-0.25, -0.2) is 0 Å². The number of amides is 2. The van der Waals surface area contributed by atoms with Crippen LogP contribution in [0, 0.1) is 0 Å². The summed E-state index contributed by atoms with van der Waals surface area (Å²) in [4.78, 5) is 24.4. The number of hydrogen-bond donors (Lipinski definition) is 2. The molecule has 0 fully saturated rings. The average Bonchev–Trinajstić information content (AvgIpc) is 2.73. The van der Waals surface area contributed by atoms with E-state index in [4.69, 9.17) is 16.3 Å². The van der Waals surface area contributed by atoms with Gasteiger partial charge in [0.15, 0.2) is 6.61 Å². The molecular formula is C22H19ClN2O3.